The van der Waals surface area contributed by atoms with Crippen molar-refractivity contribution in [1.29, 1.82) is 0 Å². The van der Waals surface area contributed by atoms with Crippen molar-refractivity contribution >= 4 is 34.1 Å². The summed E-state index contributed by atoms with van der Waals surface area (Å²) in [6, 6.07) is 12.6. The molecule has 0 bridgehead atoms. The number of halogens is 2. The summed E-state index contributed by atoms with van der Waals surface area (Å²) < 4.78 is 2.84. The molecule has 130 valence electrons. The molecule has 6 heteroatoms. The Hall–Kier alpha value is -2.04. The molecule has 0 N–H and O–H groups in total. The summed E-state index contributed by atoms with van der Waals surface area (Å²) in [6.07, 6.45) is 1.75. The lowest BCUT2D eigenvalue weighted by Crippen LogP contribution is -2.40. The van der Waals surface area contributed by atoms with Crippen molar-refractivity contribution in [1.82, 2.24) is 9.13 Å². The number of aryl methyl sites for hydroxylation is 1. The number of fused-ring (bicyclic) bond motifs is 1. The maximum Gasteiger partial charge on any atom is 0.331 e. The average molecular weight is 377 g/mol. The van der Waals surface area contributed by atoms with Crippen molar-refractivity contribution in [3.8, 4) is 0 Å². The van der Waals surface area contributed by atoms with Gasteiger partial charge in [0.1, 0.15) is 0 Å². The van der Waals surface area contributed by atoms with Gasteiger partial charge in [0.15, 0.2) is 0 Å². The van der Waals surface area contributed by atoms with E-state index in [0.29, 0.717) is 22.5 Å². The molecule has 0 radical (unpaired) electrons. The van der Waals surface area contributed by atoms with E-state index in [1.54, 1.807) is 10.6 Å². The molecule has 1 heterocycles. The zero-order valence-corrected chi connectivity index (χ0v) is 15.3. The molecule has 25 heavy (non-hydrogen) atoms. The average Bonchev–Trinajstić information content (AvgIpc) is 2.59. The van der Waals surface area contributed by atoms with Gasteiger partial charge in [0.25, 0.3) is 5.56 Å². The summed E-state index contributed by atoms with van der Waals surface area (Å²) in [7, 11) is 0. The molecule has 0 atom stereocenters. The minimum absolute atomic E-state index is 0.208. The van der Waals surface area contributed by atoms with Gasteiger partial charge in [0, 0.05) is 11.6 Å². The second-order valence-corrected chi connectivity index (χ2v) is 6.79. The van der Waals surface area contributed by atoms with Gasteiger partial charge >= 0.3 is 5.69 Å². The highest BCUT2D eigenvalue weighted by Crippen LogP contribution is 2.25. The minimum Gasteiger partial charge on any atom is -0.293 e. The lowest BCUT2D eigenvalue weighted by atomic mass is 10.2. The molecule has 3 aromatic rings. The highest BCUT2D eigenvalue weighted by molar-refractivity contribution is 6.38. The van der Waals surface area contributed by atoms with Crippen LogP contribution in [0.15, 0.2) is 52.1 Å². The zero-order valence-electron chi connectivity index (χ0n) is 13.8. The lowest BCUT2D eigenvalue weighted by Gasteiger charge is -2.15. The second kappa shape index (κ2) is 7.46. The maximum atomic E-state index is 13.0. The third-order valence-corrected chi connectivity index (χ3v) is 4.68. The number of rotatable bonds is 5. The summed E-state index contributed by atoms with van der Waals surface area (Å²) >= 11 is 12.4. The van der Waals surface area contributed by atoms with Crippen LogP contribution in [0.3, 0.4) is 0 Å². The predicted octanol–water partition coefficient (Wildman–Crippen LogP) is 4.32. The van der Waals surface area contributed by atoms with Gasteiger partial charge in [0.2, 0.25) is 0 Å². The van der Waals surface area contributed by atoms with Gasteiger partial charge in [-0.3, -0.25) is 13.9 Å². The molecule has 0 unspecified atom stereocenters. The number of unbranched alkanes of at least 4 members (excludes halogenated alkanes) is 1. The Labute approximate surface area is 155 Å². The van der Waals surface area contributed by atoms with Gasteiger partial charge in [0.05, 0.1) is 22.5 Å². The van der Waals surface area contributed by atoms with E-state index in [4.69, 9.17) is 23.2 Å². The first-order valence-electron chi connectivity index (χ1n) is 8.19. The standard InChI is InChI=1S/C19H18Cl2N2O2/c1-2-3-9-22-16-11-14(20)10-15(21)17(16)18(24)23(19(22)25)12-13-7-5-4-6-8-13/h4-8,10-11H,2-3,9,12H2,1H3. The normalized spacial score (nSPS) is 11.2. The third kappa shape index (κ3) is 3.51. The molecular weight excluding hydrogens is 359 g/mol. The van der Waals surface area contributed by atoms with Crippen molar-refractivity contribution in [2.75, 3.05) is 0 Å². The summed E-state index contributed by atoms with van der Waals surface area (Å²) in [6.45, 7) is 2.77. The number of hydrogen-bond acceptors (Lipinski definition) is 2. The first-order valence-corrected chi connectivity index (χ1v) is 8.95. The highest BCUT2D eigenvalue weighted by atomic mass is 35.5. The number of hydrogen-bond donors (Lipinski definition) is 0. The Morgan fingerprint density at radius 1 is 1.00 bits per heavy atom. The fourth-order valence-corrected chi connectivity index (χ4v) is 3.46. The van der Waals surface area contributed by atoms with Crippen LogP contribution in [0.5, 0.6) is 0 Å². The van der Waals surface area contributed by atoms with Crippen LogP contribution in [0.4, 0.5) is 0 Å². The molecule has 4 nitrogen and oxygen atoms in total. The first-order chi connectivity index (χ1) is 12.0. The van der Waals surface area contributed by atoms with Crippen LogP contribution in [0.1, 0.15) is 25.3 Å². The van der Waals surface area contributed by atoms with E-state index in [-0.39, 0.29) is 17.3 Å². The van der Waals surface area contributed by atoms with E-state index >= 15 is 0 Å². The van der Waals surface area contributed by atoms with Crippen LogP contribution in [-0.4, -0.2) is 9.13 Å². The van der Waals surface area contributed by atoms with E-state index in [1.807, 2.05) is 37.3 Å². The van der Waals surface area contributed by atoms with Gasteiger partial charge < -0.3 is 0 Å². The molecule has 0 aliphatic rings. The van der Waals surface area contributed by atoms with Crippen molar-refractivity contribution in [3.05, 3.63) is 78.9 Å². The molecule has 0 fully saturated rings. The van der Waals surface area contributed by atoms with Crippen molar-refractivity contribution in [2.45, 2.75) is 32.9 Å². The molecule has 0 spiro atoms. The molecule has 2 aromatic carbocycles. The SMILES string of the molecule is CCCCn1c(=O)n(Cc2ccccc2)c(=O)c2c(Cl)cc(Cl)cc21. The third-order valence-electron chi connectivity index (χ3n) is 4.16. The van der Waals surface area contributed by atoms with Crippen molar-refractivity contribution in [2.24, 2.45) is 0 Å². The highest BCUT2D eigenvalue weighted by Gasteiger charge is 2.16. The summed E-state index contributed by atoms with van der Waals surface area (Å²) in [5.41, 5.74) is 0.643. The molecule has 0 amide bonds. The first kappa shape index (κ1) is 17.8. The number of nitrogens with zero attached hydrogens (tertiary/aromatic N) is 2. The van der Waals surface area contributed by atoms with Crippen LogP contribution in [0.2, 0.25) is 10.0 Å². The van der Waals surface area contributed by atoms with Crippen molar-refractivity contribution < 1.29 is 0 Å². The fourth-order valence-electron chi connectivity index (χ4n) is 2.89. The maximum absolute atomic E-state index is 13.0. The van der Waals surface area contributed by atoms with Gasteiger partial charge in [-0.05, 0) is 24.1 Å². The van der Waals surface area contributed by atoms with Crippen LogP contribution < -0.4 is 11.2 Å². The van der Waals surface area contributed by atoms with Gasteiger partial charge in [-0.2, -0.15) is 0 Å². The number of benzene rings is 2. The van der Waals surface area contributed by atoms with Gasteiger partial charge in [-0.1, -0.05) is 66.9 Å². The topological polar surface area (TPSA) is 44.0 Å². The van der Waals surface area contributed by atoms with Crippen LogP contribution in [0.25, 0.3) is 10.9 Å². The molecule has 3 rings (SSSR count). The molecule has 0 aliphatic carbocycles. The zero-order chi connectivity index (χ0) is 18.0. The molecule has 0 saturated carbocycles. The van der Waals surface area contributed by atoms with E-state index < -0.39 is 5.56 Å². The van der Waals surface area contributed by atoms with Crippen LogP contribution in [0, 0.1) is 0 Å². The van der Waals surface area contributed by atoms with Gasteiger partial charge in [-0.25, -0.2) is 4.79 Å². The summed E-state index contributed by atoms with van der Waals surface area (Å²) in [5.74, 6) is 0. The smallest absolute Gasteiger partial charge is 0.293 e. The Morgan fingerprint density at radius 2 is 1.72 bits per heavy atom. The monoisotopic (exact) mass is 376 g/mol. The Bertz CT molecular complexity index is 1020. The van der Waals surface area contributed by atoms with Gasteiger partial charge in [-0.15, -0.1) is 0 Å². The summed E-state index contributed by atoms with van der Waals surface area (Å²) in [4.78, 5) is 25.9. The minimum atomic E-state index is -0.390. The largest absolute Gasteiger partial charge is 0.331 e. The van der Waals surface area contributed by atoms with E-state index in [0.717, 1.165) is 18.4 Å². The second-order valence-electron chi connectivity index (χ2n) is 5.95. The Balaban J connectivity index is 2.30. The van der Waals surface area contributed by atoms with E-state index in [1.165, 1.54) is 10.6 Å². The van der Waals surface area contributed by atoms with Crippen LogP contribution >= 0.6 is 23.2 Å². The number of aromatic nitrogens is 2. The van der Waals surface area contributed by atoms with Crippen molar-refractivity contribution in [3.63, 3.8) is 0 Å². The molecule has 0 saturated heterocycles. The Kier molecular flexibility index (Phi) is 5.30. The van der Waals surface area contributed by atoms with Crippen LogP contribution in [-0.2, 0) is 13.1 Å². The molecular formula is C19H18Cl2N2O2. The molecule has 1 aromatic heterocycles. The molecule has 0 aliphatic heterocycles. The predicted molar refractivity (Wildman–Crippen MR) is 103 cm³/mol. The Morgan fingerprint density at radius 3 is 2.40 bits per heavy atom. The quantitative estimate of drug-likeness (QED) is 0.665. The van der Waals surface area contributed by atoms with E-state index in [2.05, 4.69) is 0 Å². The fraction of sp³-hybridized carbons (Fsp3) is 0.263. The van der Waals surface area contributed by atoms with E-state index in [9.17, 15) is 9.59 Å². The lowest BCUT2D eigenvalue weighted by molar-refractivity contribution is 0.572. The summed E-state index contributed by atoms with van der Waals surface area (Å²) in [5, 5.41) is 1.000.